The first-order valence-corrected chi connectivity index (χ1v) is 6.35. The van der Waals surface area contributed by atoms with Crippen LogP contribution in [0.25, 0.3) is 0 Å². The molecule has 1 aliphatic carbocycles. The van der Waals surface area contributed by atoms with Gasteiger partial charge in [0.15, 0.2) is 11.5 Å². The largest absolute Gasteiger partial charge is 0.504 e. The topological polar surface area (TPSA) is 66.8 Å². The number of carboxylic acids is 1. The van der Waals surface area contributed by atoms with Gasteiger partial charge in [-0.25, -0.2) is 4.79 Å². The molecule has 1 aromatic rings. The fraction of sp³-hybridized carbons (Fsp3) is 0.400. The zero-order chi connectivity index (χ0) is 14.0. The quantitative estimate of drug-likeness (QED) is 0.818. The smallest absolute Gasteiger partial charge is 0.336 e. The van der Waals surface area contributed by atoms with Crippen molar-refractivity contribution in [2.24, 2.45) is 0 Å². The summed E-state index contributed by atoms with van der Waals surface area (Å²) >= 11 is 0. The summed E-state index contributed by atoms with van der Waals surface area (Å²) < 4.78 is 5.15. The Kier molecular flexibility index (Phi) is 3.79. The van der Waals surface area contributed by atoms with Crippen molar-refractivity contribution < 1.29 is 19.7 Å². The minimum Gasteiger partial charge on any atom is -0.504 e. The number of benzene rings is 1. The molecule has 1 aromatic carbocycles. The number of hydrogen-bond donors (Lipinski definition) is 2. The Balaban J connectivity index is 2.51. The van der Waals surface area contributed by atoms with Crippen LogP contribution in [0.5, 0.6) is 11.5 Å². The van der Waals surface area contributed by atoms with Gasteiger partial charge < -0.3 is 14.9 Å². The second-order valence-electron chi connectivity index (χ2n) is 4.84. The van der Waals surface area contributed by atoms with Crippen molar-refractivity contribution in [2.45, 2.75) is 32.6 Å². The van der Waals surface area contributed by atoms with Crippen molar-refractivity contribution in [3.8, 4) is 11.5 Å². The van der Waals surface area contributed by atoms with Crippen LogP contribution in [0, 0.1) is 6.92 Å². The van der Waals surface area contributed by atoms with E-state index in [4.69, 9.17) is 4.74 Å². The minimum atomic E-state index is -1.02. The molecule has 2 N–H and O–H groups in total. The van der Waals surface area contributed by atoms with Gasteiger partial charge in [-0.15, -0.1) is 0 Å². The highest BCUT2D eigenvalue weighted by atomic mass is 16.5. The predicted octanol–water partition coefficient (Wildman–Crippen LogP) is 3.06. The van der Waals surface area contributed by atoms with Crippen molar-refractivity contribution in [2.75, 3.05) is 7.11 Å². The molecule has 0 bridgehead atoms. The lowest BCUT2D eigenvalue weighted by molar-refractivity contribution is 0.0695. The summed E-state index contributed by atoms with van der Waals surface area (Å²) in [5.74, 6) is -0.707. The number of phenols is 1. The summed E-state index contributed by atoms with van der Waals surface area (Å²) in [6.45, 7) is 1.73. The third kappa shape index (κ3) is 2.57. The summed E-state index contributed by atoms with van der Waals surface area (Å²) in [6, 6.07) is 1.56. The molecular formula is C15H18O4. The Labute approximate surface area is 112 Å². The third-order valence-electron chi connectivity index (χ3n) is 3.52. The van der Waals surface area contributed by atoms with Crippen LogP contribution in [0.3, 0.4) is 0 Å². The summed E-state index contributed by atoms with van der Waals surface area (Å²) in [5, 5.41) is 19.5. The molecule has 19 heavy (non-hydrogen) atoms. The molecule has 0 aromatic heterocycles. The molecule has 1 aliphatic rings. The van der Waals surface area contributed by atoms with Crippen molar-refractivity contribution in [1.29, 1.82) is 0 Å². The predicted molar refractivity (Wildman–Crippen MR) is 72.0 cm³/mol. The van der Waals surface area contributed by atoms with Gasteiger partial charge in [-0.2, -0.15) is 0 Å². The number of carboxylic acid groups (broad SMARTS) is 1. The highest BCUT2D eigenvalue weighted by molar-refractivity contribution is 5.91. The Hall–Kier alpha value is -1.97. The zero-order valence-electron chi connectivity index (χ0n) is 11.2. The van der Waals surface area contributed by atoms with Crippen LogP contribution in [0.4, 0.5) is 0 Å². The molecule has 0 atom stereocenters. The number of ether oxygens (including phenoxy) is 1. The average Bonchev–Trinajstić information content (AvgIpc) is 2.85. The fourth-order valence-electron chi connectivity index (χ4n) is 2.57. The van der Waals surface area contributed by atoms with E-state index in [1.54, 1.807) is 13.0 Å². The van der Waals surface area contributed by atoms with Gasteiger partial charge in [0.25, 0.3) is 0 Å². The number of allylic oxidation sites excluding steroid dienone is 2. The summed E-state index contributed by atoms with van der Waals surface area (Å²) in [6.07, 6.45) is 5.69. The van der Waals surface area contributed by atoms with Crippen molar-refractivity contribution in [3.63, 3.8) is 0 Å². The lowest BCUT2D eigenvalue weighted by Gasteiger charge is -2.15. The van der Waals surface area contributed by atoms with E-state index in [1.165, 1.54) is 12.7 Å². The highest BCUT2D eigenvalue weighted by Crippen LogP contribution is 2.38. The van der Waals surface area contributed by atoms with Crippen LogP contribution in [0.1, 0.15) is 40.7 Å². The van der Waals surface area contributed by atoms with E-state index in [0.29, 0.717) is 23.3 Å². The number of aromatic carboxylic acids is 1. The van der Waals surface area contributed by atoms with Crippen LogP contribution in [0.15, 0.2) is 17.7 Å². The first-order valence-electron chi connectivity index (χ1n) is 6.35. The number of phenolic OH excluding ortho intramolecular Hbond substituents is 1. The van der Waals surface area contributed by atoms with Gasteiger partial charge in [-0.3, -0.25) is 0 Å². The van der Waals surface area contributed by atoms with Gasteiger partial charge in [0.05, 0.1) is 12.7 Å². The molecule has 0 radical (unpaired) electrons. The number of carbonyl (C=O) groups is 1. The molecule has 0 amide bonds. The van der Waals surface area contributed by atoms with Gasteiger partial charge in [0.2, 0.25) is 0 Å². The molecule has 4 heteroatoms. The van der Waals surface area contributed by atoms with E-state index >= 15 is 0 Å². The van der Waals surface area contributed by atoms with Crippen LogP contribution in [-0.2, 0) is 6.42 Å². The molecule has 2 rings (SSSR count). The van der Waals surface area contributed by atoms with E-state index in [9.17, 15) is 15.0 Å². The first kappa shape index (κ1) is 13.5. The Bertz CT molecular complexity index is 544. The molecule has 0 fully saturated rings. The van der Waals surface area contributed by atoms with Gasteiger partial charge in [-0.1, -0.05) is 11.6 Å². The second kappa shape index (κ2) is 5.34. The summed E-state index contributed by atoms with van der Waals surface area (Å²) in [4.78, 5) is 11.3. The molecule has 0 saturated heterocycles. The number of methoxy groups -OCH3 is 1. The fourth-order valence-corrected chi connectivity index (χ4v) is 2.57. The Morgan fingerprint density at radius 1 is 1.47 bits per heavy atom. The zero-order valence-corrected chi connectivity index (χ0v) is 11.2. The van der Waals surface area contributed by atoms with E-state index in [0.717, 1.165) is 19.3 Å². The van der Waals surface area contributed by atoms with Crippen LogP contribution in [0.2, 0.25) is 0 Å². The number of aryl methyl sites for hydroxylation is 1. The van der Waals surface area contributed by atoms with E-state index < -0.39 is 5.97 Å². The maximum atomic E-state index is 11.3. The molecule has 0 saturated carbocycles. The number of hydrogen-bond acceptors (Lipinski definition) is 3. The van der Waals surface area contributed by atoms with E-state index in [2.05, 4.69) is 6.08 Å². The van der Waals surface area contributed by atoms with Gasteiger partial charge >= 0.3 is 5.97 Å². The minimum absolute atomic E-state index is 0.0484. The number of rotatable bonds is 4. The standard InChI is InChI=1S/C15H18O4/c1-9-7-12(15(17)18)11(13(16)14(9)19-2)8-10-5-3-4-6-10/h5,7,16H,3-4,6,8H2,1-2H3,(H,17,18). The van der Waals surface area contributed by atoms with Gasteiger partial charge in [-0.05, 0) is 44.2 Å². The molecule has 0 spiro atoms. The Morgan fingerprint density at radius 2 is 2.21 bits per heavy atom. The van der Waals surface area contributed by atoms with Gasteiger partial charge in [0.1, 0.15) is 0 Å². The SMILES string of the molecule is COc1c(C)cc(C(=O)O)c(CC2=CCCC2)c1O. The normalized spacial score (nSPS) is 14.3. The molecule has 0 heterocycles. The molecule has 0 unspecified atom stereocenters. The highest BCUT2D eigenvalue weighted by Gasteiger charge is 2.21. The molecule has 4 nitrogen and oxygen atoms in total. The van der Waals surface area contributed by atoms with Gasteiger partial charge in [0, 0.05) is 5.56 Å². The number of aromatic hydroxyl groups is 1. The second-order valence-corrected chi connectivity index (χ2v) is 4.84. The maximum absolute atomic E-state index is 11.3. The van der Waals surface area contributed by atoms with Crippen molar-refractivity contribution >= 4 is 5.97 Å². The Morgan fingerprint density at radius 3 is 2.74 bits per heavy atom. The lowest BCUT2D eigenvalue weighted by atomic mass is 9.95. The lowest BCUT2D eigenvalue weighted by Crippen LogP contribution is -2.06. The van der Waals surface area contributed by atoms with Crippen LogP contribution >= 0.6 is 0 Å². The average molecular weight is 262 g/mol. The first-order chi connectivity index (χ1) is 9.04. The van der Waals surface area contributed by atoms with Crippen LogP contribution < -0.4 is 4.74 Å². The summed E-state index contributed by atoms with van der Waals surface area (Å²) in [5.41, 5.74) is 2.41. The molecule has 0 aliphatic heterocycles. The van der Waals surface area contributed by atoms with Crippen molar-refractivity contribution in [1.82, 2.24) is 0 Å². The summed E-state index contributed by atoms with van der Waals surface area (Å²) in [7, 11) is 1.47. The van der Waals surface area contributed by atoms with Crippen molar-refractivity contribution in [3.05, 3.63) is 34.4 Å². The third-order valence-corrected chi connectivity index (χ3v) is 3.52. The molecule has 102 valence electrons. The molecular weight excluding hydrogens is 244 g/mol. The maximum Gasteiger partial charge on any atom is 0.336 e. The van der Waals surface area contributed by atoms with E-state index in [1.807, 2.05) is 0 Å². The van der Waals surface area contributed by atoms with E-state index in [-0.39, 0.29) is 11.3 Å². The monoisotopic (exact) mass is 262 g/mol. The van der Waals surface area contributed by atoms with Crippen LogP contribution in [-0.4, -0.2) is 23.3 Å².